The number of aromatic nitrogens is 1. The molecule has 6 heteroatoms. The minimum absolute atomic E-state index is 0.291. The molecule has 0 saturated carbocycles. The second-order valence-electron chi connectivity index (χ2n) is 5.73. The summed E-state index contributed by atoms with van der Waals surface area (Å²) in [7, 11) is 1.28. The van der Waals surface area contributed by atoms with Gasteiger partial charge in [0.15, 0.2) is 0 Å². The molecule has 0 fully saturated rings. The van der Waals surface area contributed by atoms with E-state index in [0.29, 0.717) is 6.42 Å². The Kier molecular flexibility index (Phi) is 5.69. The summed E-state index contributed by atoms with van der Waals surface area (Å²) < 4.78 is 9.86. The van der Waals surface area contributed by atoms with Gasteiger partial charge in [-0.15, -0.1) is 0 Å². The molecule has 0 bridgehead atoms. The lowest BCUT2D eigenvalue weighted by atomic mass is 10.1. The van der Waals surface area contributed by atoms with E-state index in [1.54, 1.807) is 27.0 Å². The van der Waals surface area contributed by atoms with Crippen molar-refractivity contribution in [3.8, 4) is 0 Å². The first kappa shape index (κ1) is 16.9. The smallest absolute Gasteiger partial charge is 0.408 e. The summed E-state index contributed by atoms with van der Waals surface area (Å²) in [6, 6.07) is 2.89. The molecule has 1 atom stereocenters. The summed E-state index contributed by atoms with van der Waals surface area (Å²) in [5, 5.41) is 2.52. The molecule has 0 spiro atoms. The van der Waals surface area contributed by atoms with Crippen LogP contribution >= 0.6 is 0 Å². The van der Waals surface area contributed by atoms with Crippen molar-refractivity contribution in [3.63, 3.8) is 0 Å². The summed E-state index contributed by atoms with van der Waals surface area (Å²) in [5.41, 5.74) is 1.08. The SMILES string of the molecule is COC(=O)[C@H](Cc1ccc(C)nc1)NC(=O)OC(C)(C)C. The number of nitrogens with zero attached hydrogens (tertiary/aromatic N) is 1. The number of esters is 1. The second-order valence-corrected chi connectivity index (χ2v) is 5.73. The average Bonchev–Trinajstić information content (AvgIpc) is 2.37. The Morgan fingerprint density at radius 1 is 1.33 bits per heavy atom. The molecule has 0 aliphatic heterocycles. The molecule has 0 radical (unpaired) electrons. The van der Waals surface area contributed by atoms with Crippen molar-refractivity contribution < 1.29 is 19.1 Å². The van der Waals surface area contributed by atoms with Crippen molar-refractivity contribution in [2.24, 2.45) is 0 Å². The largest absolute Gasteiger partial charge is 0.467 e. The van der Waals surface area contributed by atoms with E-state index < -0.39 is 23.7 Å². The molecule has 1 aromatic rings. The van der Waals surface area contributed by atoms with Crippen molar-refractivity contribution in [2.45, 2.75) is 45.8 Å². The quantitative estimate of drug-likeness (QED) is 0.859. The number of methoxy groups -OCH3 is 1. The molecule has 0 aliphatic carbocycles. The van der Waals surface area contributed by atoms with Crippen molar-refractivity contribution in [3.05, 3.63) is 29.6 Å². The van der Waals surface area contributed by atoms with Gasteiger partial charge in [-0.25, -0.2) is 9.59 Å². The monoisotopic (exact) mass is 294 g/mol. The first-order valence-electron chi connectivity index (χ1n) is 6.70. The molecule has 1 aromatic heterocycles. The molecular weight excluding hydrogens is 272 g/mol. The zero-order chi connectivity index (χ0) is 16.0. The Bertz CT molecular complexity index is 491. The van der Waals surface area contributed by atoms with Gasteiger partial charge in [0.2, 0.25) is 0 Å². The van der Waals surface area contributed by atoms with Crippen LogP contribution in [0.25, 0.3) is 0 Å². The molecule has 21 heavy (non-hydrogen) atoms. The van der Waals surface area contributed by atoms with Crippen LogP contribution in [0.2, 0.25) is 0 Å². The summed E-state index contributed by atoms with van der Waals surface area (Å²) >= 11 is 0. The molecule has 0 aliphatic rings. The van der Waals surface area contributed by atoms with Gasteiger partial charge in [0.25, 0.3) is 0 Å². The van der Waals surface area contributed by atoms with E-state index in [1.807, 2.05) is 19.1 Å². The van der Waals surface area contributed by atoms with E-state index in [-0.39, 0.29) is 0 Å². The molecule has 116 valence electrons. The summed E-state index contributed by atoms with van der Waals surface area (Å²) in [4.78, 5) is 27.7. The van der Waals surface area contributed by atoms with E-state index in [9.17, 15) is 9.59 Å². The molecular formula is C15H22N2O4. The molecule has 1 amide bonds. The zero-order valence-corrected chi connectivity index (χ0v) is 13.1. The van der Waals surface area contributed by atoms with Crippen molar-refractivity contribution in [2.75, 3.05) is 7.11 Å². The van der Waals surface area contributed by atoms with Crippen LogP contribution in [-0.4, -0.2) is 35.8 Å². The molecule has 0 aromatic carbocycles. The normalized spacial score (nSPS) is 12.4. The molecule has 0 unspecified atom stereocenters. The number of carbonyl (C=O) groups excluding carboxylic acids is 2. The number of hydrogen-bond acceptors (Lipinski definition) is 5. The minimum Gasteiger partial charge on any atom is -0.467 e. The van der Waals surface area contributed by atoms with E-state index in [4.69, 9.17) is 9.47 Å². The van der Waals surface area contributed by atoms with Crippen LogP contribution in [0.15, 0.2) is 18.3 Å². The Hall–Kier alpha value is -2.11. The summed E-state index contributed by atoms with van der Waals surface area (Å²) in [5.74, 6) is -0.526. The predicted molar refractivity (Wildman–Crippen MR) is 77.9 cm³/mol. The van der Waals surface area contributed by atoms with Crippen LogP contribution < -0.4 is 5.32 Å². The number of aryl methyl sites for hydroxylation is 1. The second kappa shape index (κ2) is 7.06. The average molecular weight is 294 g/mol. The standard InChI is InChI=1S/C15H22N2O4/c1-10-6-7-11(9-16-10)8-12(13(18)20-5)17-14(19)21-15(2,3)4/h6-7,9,12H,8H2,1-5H3,(H,17,19)/t12-/m0/s1. The van der Waals surface area contributed by atoms with Gasteiger partial charge in [0.05, 0.1) is 7.11 Å². The predicted octanol–water partition coefficient (Wildman–Crippen LogP) is 2.00. The maximum Gasteiger partial charge on any atom is 0.408 e. The van der Waals surface area contributed by atoms with Gasteiger partial charge in [-0.1, -0.05) is 6.07 Å². The van der Waals surface area contributed by atoms with Gasteiger partial charge >= 0.3 is 12.1 Å². The third-order valence-electron chi connectivity index (χ3n) is 2.59. The maximum absolute atomic E-state index is 11.8. The van der Waals surface area contributed by atoms with Gasteiger partial charge in [-0.05, 0) is 39.3 Å². The fraction of sp³-hybridized carbons (Fsp3) is 0.533. The van der Waals surface area contributed by atoms with E-state index >= 15 is 0 Å². The van der Waals surface area contributed by atoms with Crippen LogP contribution in [0, 0.1) is 6.92 Å². The van der Waals surface area contributed by atoms with Crippen LogP contribution in [-0.2, 0) is 20.7 Å². The number of ether oxygens (including phenoxy) is 2. The molecule has 1 heterocycles. The van der Waals surface area contributed by atoms with Crippen LogP contribution in [0.5, 0.6) is 0 Å². The number of amides is 1. The van der Waals surface area contributed by atoms with Gasteiger partial charge in [-0.3, -0.25) is 4.98 Å². The molecule has 1 rings (SSSR count). The van der Waals surface area contributed by atoms with Crippen LogP contribution in [0.4, 0.5) is 4.79 Å². The lowest BCUT2D eigenvalue weighted by Crippen LogP contribution is -2.45. The minimum atomic E-state index is -0.811. The topological polar surface area (TPSA) is 77.5 Å². The first-order chi connectivity index (χ1) is 9.71. The summed E-state index contributed by atoms with van der Waals surface area (Å²) in [6.07, 6.45) is 1.30. The molecule has 6 nitrogen and oxygen atoms in total. The molecule has 1 N–H and O–H groups in total. The van der Waals surface area contributed by atoms with Crippen LogP contribution in [0.3, 0.4) is 0 Å². The van der Waals surface area contributed by atoms with E-state index in [0.717, 1.165) is 11.3 Å². The number of carbonyl (C=O) groups is 2. The highest BCUT2D eigenvalue weighted by Crippen LogP contribution is 2.09. The molecule has 0 saturated heterocycles. The highest BCUT2D eigenvalue weighted by atomic mass is 16.6. The lowest BCUT2D eigenvalue weighted by Gasteiger charge is -2.22. The number of pyridine rings is 1. The number of alkyl carbamates (subject to hydrolysis) is 1. The Balaban J connectivity index is 2.74. The highest BCUT2D eigenvalue weighted by Gasteiger charge is 2.25. The van der Waals surface area contributed by atoms with Crippen molar-refractivity contribution in [1.29, 1.82) is 0 Å². The fourth-order valence-electron chi connectivity index (χ4n) is 1.64. The zero-order valence-electron chi connectivity index (χ0n) is 13.1. The number of nitrogens with one attached hydrogen (secondary N) is 1. The Morgan fingerprint density at radius 2 is 2.00 bits per heavy atom. The third-order valence-corrected chi connectivity index (χ3v) is 2.59. The van der Waals surface area contributed by atoms with Crippen LogP contribution in [0.1, 0.15) is 32.0 Å². The van der Waals surface area contributed by atoms with Crippen molar-refractivity contribution in [1.82, 2.24) is 10.3 Å². The van der Waals surface area contributed by atoms with Gasteiger partial charge < -0.3 is 14.8 Å². The first-order valence-corrected chi connectivity index (χ1v) is 6.70. The fourth-order valence-corrected chi connectivity index (χ4v) is 1.64. The van der Waals surface area contributed by atoms with Gasteiger partial charge in [0, 0.05) is 18.3 Å². The van der Waals surface area contributed by atoms with Gasteiger partial charge in [0.1, 0.15) is 11.6 Å². The highest BCUT2D eigenvalue weighted by molar-refractivity contribution is 5.81. The third kappa shape index (κ3) is 6.25. The summed E-state index contributed by atoms with van der Waals surface area (Å²) in [6.45, 7) is 7.14. The number of hydrogen-bond donors (Lipinski definition) is 1. The maximum atomic E-state index is 11.8. The van der Waals surface area contributed by atoms with E-state index in [1.165, 1.54) is 7.11 Å². The lowest BCUT2D eigenvalue weighted by molar-refractivity contribution is -0.143. The Labute approximate surface area is 124 Å². The van der Waals surface area contributed by atoms with E-state index in [2.05, 4.69) is 10.3 Å². The Morgan fingerprint density at radius 3 is 2.48 bits per heavy atom. The van der Waals surface area contributed by atoms with Gasteiger partial charge in [-0.2, -0.15) is 0 Å². The number of rotatable bonds is 4. The van der Waals surface area contributed by atoms with Crippen molar-refractivity contribution >= 4 is 12.1 Å².